The Morgan fingerprint density at radius 1 is 1.55 bits per heavy atom. The van der Waals surface area contributed by atoms with Gasteiger partial charge in [0.05, 0.1) is 17.4 Å². The smallest absolute Gasteiger partial charge is 0.345 e. The number of hydrogen-bond acceptors (Lipinski definition) is 7. The second-order valence-corrected chi connectivity index (χ2v) is 4.63. The maximum atomic E-state index is 11.8. The Morgan fingerprint density at radius 2 is 2.18 bits per heavy atom. The minimum Gasteiger partial charge on any atom is -0.481 e. The first kappa shape index (κ1) is 17.3. The van der Waals surface area contributed by atoms with Crippen molar-refractivity contribution in [3.8, 4) is 0 Å². The van der Waals surface area contributed by atoms with Crippen molar-refractivity contribution < 1.29 is 24.4 Å². The second-order valence-electron chi connectivity index (χ2n) is 4.63. The normalized spacial score (nSPS) is 11.6. The number of pyridine rings is 1. The molecule has 0 fully saturated rings. The highest BCUT2D eigenvalue weighted by atomic mass is 16.6. The Balaban J connectivity index is 3.24. The first-order valence-corrected chi connectivity index (χ1v) is 6.54. The maximum absolute atomic E-state index is 11.8. The molecule has 1 N–H and O–H groups in total. The molecule has 1 aromatic rings. The highest BCUT2D eigenvalue weighted by Crippen LogP contribution is 2.29. The molecule has 9 nitrogen and oxygen atoms in total. The van der Waals surface area contributed by atoms with Gasteiger partial charge in [-0.3, -0.25) is 14.9 Å². The molecule has 22 heavy (non-hydrogen) atoms. The fourth-order valence-electron chi connectivity index (χ4n) is 1.85. The van der Waals surface area contributed by atoms with E-state index >= 15 is 0 Å². The van der Waals surface area contributed by atoms with Crippen molar-refractivity contribution >= 4 is 23.4 Å². The molecule has 0 amide bonds. The van der Waals surface area contributed by atoms with Crippen LogP contribution in [-0.4, -0.2) is 47.2 Å². The van der Waals surface area contributed by atoms with Crippen molar-refractivity contribution in [3.05, 3.63) is 27.9 Å². The number of nitro groups is 1. The molecule has 0 spiro atoms. The van der Waals surface area contributed by atoms with Crippen LogP contribution in [0.15, 0.2) is 12.3 Å². The molecule has 0 radical (unpaired) electrons. The van der Waals surface area contributed by atoms with Gasteiger partial charge in [0.25, 0.3) is 0 Å². The summed E-state index contributed by atoms with van der Waals surface area (Å²) in [6.07, 6.45) is 1.25. The molecule has 0 saturated carbocycles. The van der Waals surface area contributed by atoms with Gasteiger partial charge in [0.1, 0.15) is 5.56 Å². The lowest BCUT2D eigenvalue weighted by atomic mass is 10.1. The van der Waals surface area contributed by atoms with Gasteiger partial charge in [-0.05, 0) is 13.0 Å². The Kier molecular flexibility index (Phi) is 5.79. The number of hydrogen-bond donors (Lipinski definition) is 1. The molecule has 0 bridgehead atoms. The molecule has 120 valence electrons. The van der Waals surface area contributed by atoms with Crippen LogP contribution in [0.4, 0.5) is 11.5 Å². The number of carbonyl (C=O) groups excluding carboxylic acids is 1. The number of aromatic nitrogens is 1. The maximum Gasteiger partial charge on any atom is 0.345 e. The second kappa shape index (κ2) is 7.34. The zero-order valence-corrected chi connectivity index (χ0v) is 12.5. The molecule has 9 heteroatoms. The van der Waals surface area contributed by atoms with Crippen molar-refractivity contribution in [2.24, 2.45) is 5.92 Å². The SMILES string of the molecule is CCOC(=O)c1ccnc(N(C)CC(C)C(=O)O)c1[N+](=O)[O-]. The third kappa shape index (κ3) is 3.90. The van der Waals surface area contributed by atoms with Crippen molar-refractivity contribution in [1.82, 2.24) is 4.98 Å². The largest absolute Gasteiger partial charge is 0.481 e. The first-order chi connectivity index (χ1) is 10.3. The van der Waals surface area contributed by atoms with Gasteiger partial charge in [0, 0.05) is 19.8 Å². The van der Waals surface area contributed by atoms with E-state index in [1.807, 2.05) is 0 Å². The van der Waals surface area contributed by atoms with Gasteiger partial charge in [-0.1, -0.05) is 6.92 Å². The number of nitrogens with zero attached hydrogens (tertiary/aromatic N) is 3. The minimum atomic E-state index is -1.03. The predicted molar refractivity (Wildman–Crippen MR) is 76.9 cm³/mol. The molecule has 1 rings (SSSR count). The van der Waals surface area contributed by atoms with Gasteiger partial charge in [-0.15, -0.1) is 0 Å². The van der Waals surface area contributed by atoms with Crippen molar-refractivity contribution in [3.63, 3.8) is 0 Å². The van der Waals surface area contributed by atoms with Crippen molar-refractivity contribution in [1.29, 1.82) is 0 Å². The summed E-state index contributed by atoms with van der Waals surface area (Å²) in [5.74, 6) is -2.69. The van der Waals surface area contributed by atoms with Crippen molar-refractivity contribution in [2.75, 3.05) is 25.1 Å². The Morgan fingerprint density at radius 3 is 2.68 bits per heavy atom. The standard InChI is InChI=1S/C13H17N3O6/c1-4-22-13(19)9-5-6-14-11(10(9)16(20)21)15(3)7-8(2)12(17)18/h5-6,8H,4,7H2,1-3H3,(H,17,18). The summed E-state index contributed by atoms with van der Waals surface area (Å²) in [6, 6.07) is 1.20. The van der Waals surface area contributed by atoms with Gasteiger partial charge in [0.2, 0.25) is 5.82 Å². The number of ether oxygens (including phenoxy) is 1. The van der Waals surface area contributed by atoms with E-state index in [0.29, 0.717) is 0 Å². The van der Waals surface area contributed by atoms with Gasteiger partial charge in [0.15, 0.2) is 0 Å². The molecule has 1 aromatic heterocycles. The fourth-order valence-corrected chi connectivity index (χ4v) is 1.85. The Bertz CT molecular complexity index is 589. The zero-order chi connectivity index (χ0) is 16.9. The number of carboxylic acids is 1. The summed E-state index contributed by atoms with van der Waals surface area (Å²) in [4.78, 5) is 38.5. The summed E-state index contributed by atoms with van der Waals surface area (Å²) in [5, 5.41) is 20.2. The van der Waals surface area contributed by atoms with E-state index in [4.69, 9.17) is 9.84 Å². The third-order valence-corrected chi connectivity index (χ3v) is 2.91. The van der Waals surface area contributed by atoms with Crippen LogP contribution in [0.1, 0.15) is 24.2 Å². The van der Waals surface area contributed by atoms with E-state index in [1.54, 1.807) is 6.92 Å². The Labute approximate surface area is 126 Å². The number of esters is 1. The molecule has 1 atom stereocenters. The average molecular weight is 311 g/mol. The third-order valence-electron chi connectivity index (χ3n) is 2.91. The highest BCUT2D eigenvalue weighted by molar-refractivity contribution is 5.96. The van der Waals surface area contributed by atoms with E-state index in [2.05, 4.69) is 4.98 Å². The number of rotatable bonds is 7. The summed E-state index contributed by atoms with van der Waals surface area (Å²) in [6.45, 7) is 3.15. The van der Waals surface area contributed by atoms with E-state index in [-0.39, 0.29) is 24.5 Å². The zero-order valence-electron chi connectivity index (χ0n) is 12.5. The van der Waals surface area contributed by atoms with E-state index in [0.717, 1.165) is 0 Å². The van der Waals surface area contributed by atoms with Crippen LogP contribution in [-0.2, 0) is 9.53 Å². The lowest BCUT2D eigenvalue weighted by Crippen LogP contribution is -2.30. The van der Waals surface area contributed by atoms with Crippen LogP contribution in [0.2, 0.25) is 0 Å². The van der Waals surface area contributed by atoms with Crippen LogP contribution in [0.5, 0.6) is 0 Å². The summed E-state index contributed by atoms with van der Waals surface area (Å²) < 4.78 is 4.79. The molecule has 0 saturated heterocycles. The molecule has 0 aliphatic carbocycles. The topological polar surface area (TPSA) is 123 Å². The molecular weight excluding hydrogens is 294 g/mol. The number of carbonyl (C=O) groups is 2. The molecule has 0 aliphatic rings. The van der Waals surface area contributed by atoms with Gasteiger partial charge >= 0.3 is 17.6 Å². The van der Waals surface area contributed by atoms with Crippen LogP contribution in [0.3, 0.4) is 0 Å². The lowest BCUT2D eigenvalue weighted by molar-refractivity contribution is -0.384. The lowest BCUT2D eigenvalue weighted by Gasteiger charge is -2.20. The molecule has 1 heterocycles. The van der Waals surface area contributed by atoms with Crippen LogP contribution in [0.25, 0.3) is 0 Å². The predicted octanol–water partition coefficient (Wildman–Crippen LogP) is 1.32. The number of anilines is 1. The molecule has 0 aliphatic heterocycles. The fraction of sp³-hybridized carbons (Fsp3) is 0.462. The van der Waals surface area contributed by atoms with Gasteiger partial charge in [-0.25, -0.2) is 9.78 Å². The first-order valence-electron chi connectivity index (χ1n) is 6.54. The monoisotopic (exact) mass is 311 g/mol. The summed E-state index contributed by atoms with van der Waals surface area (Å²) in [7, 11) is 1.48. The number of aliphatic carboxylic acids is 1. The molecule has 1 unspecified atom stereocenters. The van der Waals surface area contributed by atoms with Gasteiger partial charge in [-0.2, -0.15) is 0 Å². The van der Waals surface area contributed by atoms with Gasteiger partial charge < -0.3 is 14.7 Å². The average Bonchev–Trinajstić information content (AvgIpc) is 2.46. The van der Waals surface area contributed by atoms with Crippen LogP contribution in [0, 0.1) is 16.0 Å². The van der Waals surface area contributed by atoms with E-state index < -0.39 is 28.5 Å². The van der Waals surface area contributed by atoms with Crippen LogP contribution >= 0.6 is 0 Å². The van der Waals surface area contributed by atoms with E-state index in [9.17, 15) is 19.7 Å². The van der Waals surface area contributed by atoms with Crippen molar-refractivity contribution in [2.45, 2.75) is 13.8 Å². The molecular formula is C13H17N3O6. The van der Waals surface area contributed by atoms with E-state index in [1.165, 1.54) is 31.1 Å². The summed E-state index contributed by atoms with van der Waals surface area (Å²) in [5.41, 5.74) is -0.715. The number of carboxylic acid groups (broad SMARTS) is 1. The minimum absolute atomic E-state index is 0.00938. The quantitative estimate of drug-likeness (QED) is 0.454. The highest BCUT2D eigenvalue weighted by Gasteiger charge is 2.29. The van der Waals surface area contributed by atoms with Crippen LogP contribution < -0.4 is 4.90 Å². The Hall–Kier alpha value is -2.71. The molecule has 0 aromatic carbocycles. The summed E-state index contributed by atoms with van der Waals surface area (Å²) >= 11 is 0.